The molecular weight excluding hydrogens is 298 g/mol. The van der Waals surface area contributed by atoms with Crippen LogP contribution >= 0.6 is 0 Å². The Morgan fingerprint density at radius 3 is 2.91 bits per heavy atom. The Hall–Kier alpha value is -2.54. The van der Waals surface area contributed by atoms with E-state index in [1.807, 2.05) is 10.9 Å². The molecule has 1 saturated heterocycles. The summed E-state index contributed by atoms with van der Waals surface area (Å²) < 4.78 is 17.8. The molecule has 0 spiro atoms. The maximum atomic E-state index is 12.3. The van der Waals surface area contributed by atoms with E-state index < -0.39 is 0 Å². The van der Waals surface area contributed by atoms with Crippen LogP contribution in [0.1, 0.15) is 29.2 Å². The van der Waals surface area contributed by atoms with Gasteiger partial charge in [0.05, 0.1) is 17.9 Å². The van der Waals surface area contributed by atoms with E-state index in [4.69, 9.17) is 14.2 Å². The van der Waals surface area contributed by atoms with E-state index in [9.17, 15) is 4.79 Å². The number of carbonyl (C=O) groups excluding carboxylic acids is 1. The summed E-state index contributed by atoms with van der Waals surface area (Å²) in [5.41, 5.74) is 1.20. The Morgan fingerprint density at radius 2 is 2.04 bits per heavy atom. The van der Waals surface area contributed by atoms with E-state index >= 15 is 0 Å². The zero-order valence-corrected chi connectivity index (χ0v) is 12.5. The topological polar surface area (TPSA) is 74.6 Å². The number of aromatic nitrogens is 2. The number of nitrogens with zero attached hydrogens (tertiary/aromatic N) is 2. The third-order valence-electron chi connectivity index (χ3n) is 4.06. The first kappa shape index (κ1) is 14.1. The molecule has 2 aliphatic heterocycles. The third-order valence-corrected chi connectivity index (χ3v) is 4.06. The molecule has 120 valence electrons. The number of amides is 1. The molecule has 1 aromatic heterocycles. The van der Waals surface area contributed by atoms with E-state index in [1.54, 1.807) is 24.4 Å². The summed E-state index contributed by atoms with van der Waals surface area (Å²) in [5.74, 6) is 1.05. The molecule has 0 aliphatic carbocycles. The fraction of sp³-hybridized carbons (Fsp3) is 0.375. The van der Waals surface area contributed by atoms with E-state index in [0.29, 0.717) is 28.8 Å². The first-order valence-electron chi connectivity index (χ1n) is 7.62. The SMILES string of the molecule is O=C(Nc1cnn(C2CCOCC2)c1)c1ccc2c(c1)OCO2. The highest BCUT2D eigenvalue weighted by Crippen LogP contribution is 2.32. The molecule has 1 aromatic carbocycles. The van der Waals surface area contributed by atoms with Crippen LogP contribution in [0.5, 0.6) is 11.5 Å². The average molecular weight is 315 g/mol. The summed E-state index contributed by atoms with van der Waals surface area (Å²) in [7, 11) is 0. The smallest absolute Gasteiger partial charge is 0.255 e. The quantitative estimate of drug-likeness (QED) is 0.940. The average Bonchev–Trinajstić information content (AvgIpc) is 3.24. The minimum absolute atomic E-state index is 0.193. The summed E-state index contributed by atoms with van der Waals surface area (Å²) in [6.45, 7) is 1.70. The number of fused-ring (bicyclic) bond motifs is 1. The number of carbonyl (C=O) groups is 1. The van der Waals surface area contributed by atoms with Crippen LogP contribution in [0.25, 0.3) is 0 Å². The van der Waals surface area contributed by atoms with Gasteiger partial charge in [-0.25, -0.2) is 0 Å². The maximum Gasteiger partial charge on any atom is 0.255 e. The van der Waals surface area contributed by atoms with E-state index in [0.717, 1.165) is 26.1 Å². The van der Waals surface area contributed by atoms with Crippen molar-refractivity contribution in [1.29, 1.82) is 0 Å². The van der Waals surface area contributed by atoms with Crippen LogP contribution in [0.2, 0.25) is 0 Å². The van der Waals surface area contributed by atoms with Crippen LogP contribution in [0.3, 0.4) is 0 Å². The van der Waals surface area contributed by atoms with Crippen LogP contribution in [0.4, 0.5) is 5.69 Å². The number of rotatable bonds is 3. The number of ether oxygens (including phenoxy) is 3. The molecule has 0 unspecified atom stereocenters. The van der Waals surface area contributed by atoms with Gasteiger partial charge < -0.3 is 19.5 Å². The summed E-state index contributed by atoms with van der Waals surface area (Å²) in [6.07, 6.45) is 5.41. The molecule has 0 bridgehead atoms. The molecule has 23 heavy (non-hydrogen) atoms. The van der Waals surface area contributed by atoms with Gasteiger partial charge in [0, 0.05) is 25.0 Å². The van der Waals surface area contributed by atoms with Gasteiger partial charge in [0.15, 0.2) is 11.5 Å². The molecule has 1 N–H and O–H groups in total. The second-order valence-electron chi connectivity index (χ2n) is 5.57. The number of nitrogens with one attached hydrogen (secondary N) is 1. The predicted molar refractivity (Wildman–Crippen MR) is 81.8 cm³/mol. The van der Waals surface area contributed by atoms with Gasteiger partial charge in [-0.1, -0.05) is 0 Å². The molecule has 2 aliphatic rings. The lowest BCUT2D eigenvalue weighted by Gasteiger charge is -2.22. The summed E-state index contributed by atoms with van der Waals surface area (Å²) in [6, 6.07) is 5.47. The number of hydrogen-bond acceptors (Lipinski definition) is 5. The second-order valence-corrected chi connectivity index (χ2v) is 5.57. The molecule has 1 fully saturated rings. The predicted octanol–water partition coefficient (Wildman–Crippen LogP) is 2.22. The Kier molecular flexibility index (Phi) is 3.63. The van der Waals surface area contributed by atoms with Crippen molar-refractivity contribution in [3.05, 3.63) is 36.2 Å². The summed E-state index contributed by atoms with van der Waals surface area (Å²) in [4.78, 5) is 12.3. The van der Waals surface area contributed by atoms with Crippen molar-refractivity contribution in [2.45, 2.75) is 18.9 Å². The Balaban J connectivity index is 1.45. The van der Waals surface area contributed by atoms with E-state index in [2.05, 4.69) is 10.4 Å². The second kappa shape index (κ2) is 5.92. The first-order chi connectivity index (χ1) is 11.3. The van der Waals surface area contributed by atoms with Crippen LogP contribution < -0.4 is 14.8 Å². The van der Waals surface area contributed by atoms with Gasteiger partial charge in [0.1, 0.15) is 0 Å². The Morgan fingerprint density at radius 1 is 1.22 bits per heavy atom. The number of hydrogen-bond donors (Lipinski definition) is 1. The van der Waals surface area contributed by atoms with Gasteiger partial charge in [-0.05, 0) is 31.0 Å². The fourth-order valence-corrected chi connectivity index (χ4v) is 2.79. The zero-order chi connectivity index (χ0) is 15.6. The number of benzene rings is 1. The normalized spacial score (nSPS) is 17.2. The monoisotopic (exact) mass is 315 g/mol. The molecular formula is C16H17N3O4. The Bertz CT molecular complexity index is 722. The van der Waals surface area contributed by atoms with E-state index in [1.165, 1.54) is 0 Å². The minimum atomic E-state index is -0.199. The van der Waals surface area contributed by atoms with Crippen LogP contribution in [0, 0.1) is 0 Å². The van der Waals surface area contributed by atoms with Crippen molar-refractivity contribution in [2.24, 2.45) is 0 Å². The molecule has 0 radical (unpaired) electrons. The van der Waals surface area contributed by atoms with Gasteiger partial charge >= 0.3 is 0 Å². The van der Waals surface area contributed by atoms with Crippen molar-refractivity contribution >= 4 is 11.6 Å². The molecule has 1 amide bonds. The van der Waals surface area contributed by atoms with Gasteiger partial charge in [0.25, 0.3) is 5.91 Å². The zero-order valence-electron chi connectivity index (χ0n) is 12.5. The Labute approximate surface area is 133 Å². The van der Waals surface area contributed by atoms with Gasteiger partial charge in [-0.2, -0.15) is 5.10 Å². The number of anilines is 1. The van der Waals surface area contributed by atoms with E-state index in [-0.39, 0.29) is 12.7 Å². The van der Waals surface area contributed by atoms with Crippen molar-refractivity contribution in [2.75, 3.05) is 25.3 Å². The molecule has 4 rings (SSSR count). The molecule has 7 nitrogen and oxygen atoms in total. The lowest BCUT2D eigenvalue weighted by Crippen LogP contribution is -2.19. The largest absolute Gasteiger partial charge is 0.454 e. The summed E-state index contributed by atoms with van der Waals surface area (Å²) in [5, 5.41) is 7.21. The van der Waals surface area contributed by atoms with Crippen LogP contribution in [-0.2, 0) is 4.74 Å². The molecule has 2 aromatic rings. The minimum Gasteiger partial charge on any atom is -0.454 e. The van der Waals surface area contributed by atoms with Crippen molar-refractivity contribution in [3.8, 4) is 11.5 Å². The highest BCUT2D eigenvalue weighted by atomic mass is 16.7. The molecule has 3 heterocycles. The van der Waals surface area contributed by atoms with Gasteiger partial charge in [0.2, 0.25) is 6.79 Å². The molecule has 0 atom stereocenters. The maximum absolute atomic E-state index is 12.3. The molecule has 0 saturated carbocycles. The van der Waals surface area contributed by atoms with Crippen molar-refractivity contribution in [3.63, 3.8) is 0 Å². The first-order valence-corrected chi connectivity index (χ1v) is 7.62. The fourth-order valence-electron chi connectivity index (χ4n) is 2.79. The van der Waals surface area contributed by atoms with Crippen molar-refractivity contribution < 1.29 is 19.0 Å². The lowest BCUT2D eigenvalue weighted by molar-refractivity contribution is 0.0662. The highest BCUT2D eigenvalue weighted by molar-refractivity contribution is 6.04. The van der Waals surface area contributed by atoms with Gasteiger partial charge in [-0.3, -0.25) is 9.48 Å². The third kappa shape index (κ3) is 2.87. The van der Waals surface area contributed by atoms with Crippen LogP contribution in [-0.4, -0.2) is 35.7 Å². The molecule has 7 heteroatoms. The highest BCUT2D eigenvalue weighted by Gasteiger charge is 2.18. The van der Waals surface area contributed by atoms with Crippen molar-refractivity contribution in [1.82, 2.24) is 9.78 Å². The standard InChI is InChI=1S/C16H17N3O4/c20-16(11-1-2-14-15(7-11)23-10-22-14)18-12-8-17-19(9-12)13-3-5-21-6-4-13/h1-2,7-9,13H,3-6,10H2,(H,18,20). The van der Waals surface area contributed by atoms with Crippen LogP contribution in [0.15, 0.2) is 30.6 Å². The summed E-state index contributed by atoms with van der Waals surface area (Å²) >= 11 is 0. The lowest BCUT2D eigenvalue weighted by atomic mass is 10.1. The van der Waals surface area contributed by atoms with Gasteiger partial charge in [-0.15, -0.1) is 0 Å².